The summed E-state index contributed by atoms with van der Waals surface area (Å²) in [4.78, 5) is 18.9. The fourth-order valence-electron chi connectivity index (χ4n) is 4.92. The quantitative estimate of drug-likeness (QED) is 0.609. The number of aromatic nitrogens is 1. The number of H-pyrrole nitrogens is 1. The Morgan fingerprint density at radius 3 is 2.48 bits per heavy atom. The molecule has 3 aromatic rings. The predicted molar refractivity (Wildman–Crippen MR) is 122 cm³/mol. The Bertz CT molecular complexity index is 1140. The van der Waals surface area contributed by atoms with Crippen LogP contribution >= 0.6 is 0 Å². The highest BCUT2D eigenvalue weighted by Gasteiger charge is 2.31. The average molecular weight is 417 g/mol. The fourth-order valence-corrected chi connectivity index (χ4v) is 4.92. The molecule has 5 rings (SSSR count). The first-order chi connectivity index (χ1) is 15.2. The molecule has 2 heterocycles. The van der Waals surface area contributed by atoms with Gasteiger partial charge in [-0.2, -0.15) is 0 Å². The summed E-state index contributed by atoms with van der Waals surface area (Å²) in [6.45, 7) is 3.15. The Hall–Kier alpha value is -3.05. The third-order valence-corrected chi connectivity index (χ3v) is 6.61. The Morgan fingerprint density at radius 2 is 1.77 bits per heavy atom. The SMILES string of the molecule is COc1cc2[nH]c3c(c2cc1OC)C/C(=C\C1CCN(Cc2ccccc2)CC1)C3=O. The van der Waals surface area contributed by atoms with Crippen molar-refractivity contribution in [2.24, 2.45) is 5.92 Å². The number of fused-ring (bicyclic) bond motifs is 3. The van der Waals surface area contributed by atoms with Crippen LogP contribution < -0.4 is 9.47 Å². The van der Waals surface area contributed by atoms with Crippen LogP contribution in [0.2, 0.25) is 0 Å². The van der Waals surface area contributed by atoms with Gasteiger partial charge in [0.25, 0.3) is 0 Å². The van der Waals surface area contributed by atoms with Gasteiger partial charge in [0, 0.05) is 30.0 Å². The molecule has 2 aromatic carbocycles. The van der Waals surface area contributed by atoms with Gasteiger partial charge in [0.1, 0.15) is 0 Å². The predicted octanol–water partition coefficient (Wildman–Crippen LogP) is 4.76. The highest BCUT2D eigenvalue weighted by atomic mass is 16.5. The summed E-state index contributed by atoms with van der Waals surface area (Å²) in [5.74, 6) is 1.96. The molecule has 1 aliphatic carbocycles. The van der Waals surface area contributed by atoms with E-state index in [-0.39, 0.29) is 5.78 Å². The molecule has 0 spiro atoms. The molecule has 5 heteroatoms. The van der Waals surface area contributed by atoms with E-state index in [4.69, 9.17) is 9.47 Å². The number of rotatable bonds is 5. The lowest BCUT2D eigenvalue weighted by Crippen LogP contribution is -2.32. The number of allylic oxidation sites excluding steroid dienone is 2. The van der Waals surface area contributed by atoms with E-state index in [2.05, 4.69) is 46.3 Å². The van der Waals surface area contributed by atoms with Crippen LogP contribution in [-0.2, 0) is 13.0 Å². The van der Waals surface area contributed by atoms with Gasteiger partial charge in [-0.05, 0) is 49.0 Å². The number of methoxy groups -OCH3 is 2. The minimum atomic E-state index is 0.135. The number of benzene rings is 2. The van der Waals surface area contributed by atoms with E-state index in [1.54, 1.807) is 14.2 Å². The van der Waals surface area contributed by atoms with Crippen LogP contribution in [0.3, 0.4) is 0 Å². The monoisotopic (exact) mass is 416 g/mol. The van der Waals surface area contributed by atoms with E-state index in [1.165, 1.54) is 5.56 Å². The minimum Gasteiger partial charge on any atom is -0.493 e. The lowest BCUT2D eigenvalue weighted by molar-refractivity contribution is 0.103. The van der Waals surface area contributed by atoms with Gasteiger partial charge in [-0.25, -0.2) is 0 Å². The van der Waals surface area contributed by atoms with Crippen LogP contribution in [0, 0.1) is 5.92 Å². The lowest BCUT2D eigenvalue weighted by atomic mass is 9.93. The van der Waals surface area contributed by atoms with Crippen molar-refractivity contribution in [3.63, 3.8) is 0 Å². The van der Waals surface area contributed by atoms with E-state index in [0.717, 1.165) is 60.2 Å². The minimum absolute atomic E-state index is 0.135. The molecule has 0 unspecified atom stereocenters. The first-order valence-electron chi connectivity index (χ1n) is 10.9. The zero-order valence-electron chi connectivity index (χ0n) is 18.1. The summed E-state index contributed by atoms with van der Waals surface area (Å²) in [7, 11) is 3.26. The standard InChI is InChI=1S/C26H28N2O3/c1-30-23-14-20-21-13-19(26(29)25(21)27-22(20)15-24(23)31-2)12-17-8-10-28(11-9-17)16-18-6-4-3-5-7-18/h3-7,12,14-15,17,27H,8-11,13,16H2,1-2H3/b19-12+. The normalized spacial score (nSPS) is 18.6. The van der Waals surface area contributed by atoms with Gasteiger partial charge in [0.15, 0.2) is 11.5 Å². The van der Waals surface area contributed by atoms with Crippen molar-refractivity contribution >= 4 is 16.7 Å². The van der Waals surface area contributed by atoms with Gasteiger partial charge in [-0.3, -0.25) is 9.69 Å². The molecular weight excluding hydrogens is 388 g/mol. The number of piperidine rings is 1. The summed E-state index contributed by atoms with van der Waals surface area (Å²) in [6, 6.07) is 14.5. The molecular formula is C26H28N2O3. The van der Waals surface area contributed by atoms with Crippen molar-refractivity contribution in [1.82, 2.24) is 9.88 Å². The Morgan fingerprint density at radius 1 is 1.06 bits per heavy atom. The molecule has 0 bridgehead atoms. The van der Waals surface area contributed by atoms with E-state index < -0.39 is 0 Å². The highest BCUT2D eigenvalue weighted by molar-refractivity contribution is 6.16. The number of carbonyl (C=O) groups excluding carboxylic acids is 1. The number of hydrogen-bond donors (Lipinski definition) is 1. The Balaban J connectivity index is 1.29. The second kappa shape index (κ2) is 8.23. The third-order valence-electron chi connectivity index (χ3n) is 6.61. The maximum atomic E-state index is 13.1. The number of ketones is 1. The van der Waals surface area contributed by atoms with Gasteiger partial charge in [-0.15, -0.1) is 0 Å². The third kappa shape index (κ3) is 3.74. The van der Waals surface area contributed by atoms with E-state index in [9.17, 15) is 4.79 Å². The number of ether oxygens (including phenoxy) is 2. The molecule has 1 aromatic heterocycles. The molecule has 0 saturated carbocycles. The van der Waals surface area contributed by atoms with Crippen molar-refractivity contribution in [2.75, 3.05) is 27.3 Å². The molecule has 31 heavy (non-hydrogen) atoms. The van der Waals surface area contributed by atoms with E-state index >= 15 is 0 Å². The number of hydrogen-bond acceptors (Lipinski definition) is 4. The summed E-state index contributed by atoms with van der Waals surface area (Å²) in [5.41, 5.74) is 5.01. The van der Waals surface area contributed by atoms with Gasteiger partial charge in [0.2, 0.25) is 5.78 Å². The molecule has 0 amide bonds. The zero-order chi connectivity index (χ0) is 21.4. The largest absolute Gasteiger partial charge is 0.493 e. The maximum Gasteiger partial charge on any atom is 0.205 e. The van der Waals surface area contributed by atoms with Crippen LogP contribution in [0.5, 0.6) is 11.5 Å². The summed E-state index contributed by atoms with van der Waals surface area (Å²) in [5, 5.41) is 1.04. The molecule has 160 valence electrons. The molecule has 0 atom stereocenters. The number of nitrogens with zero attached hydrogens (tertiary/aromatic N) is 1. The molecule has 5 nitrogen and oxygen atoms in total. The fraction of sp³-hybridized carbons (Fsp3) is 0.346. The number of Topliss-reactive ketones (excluding diaryl/α,β-unsaturated/α-hetero) is 1. The van der Waals surface area contributed by atoms with E-state index in [0.29, 0.717) is 23.8 Å². The summed E-state index contributed by atoms with van der Waals surface area (Å²) >= 11 is 0. The number of nitrogens with one attached hydrogen (secondary N) is 1. The molecule has 0 radical (unpaired) electrons. The van der Waals surface area contributed by atoms with Crippen molar-refractivity contribution in [1.29, 1.82) is 0 Å². The first kappa shape index (κ1) is 19.9. The molecule has 2 aliphatic rings. The maximum absolute atomic E-state index is 13.1. The molecule has 1 saturated heterocycles. The van der Waals surface area contributed by atoms with Crippen LogP contribution in [0.4, 0.5) is 0 Å². The number of likely N-dealkylation sites (tertiary alicyclic amines) is 1. The van der Waals surface area contributed by atoms with Gasteiger partial charge >= 0.3 is 0 Å². The summed E-state index contributed by atoms with van der Waals surface area (Å²) < 4.78 is 10.9. The average Bonchev–Trinajstić information content (AvgIpc) is 3.30. The van der Waals surface area contributed by atoms with Crippen LogP contribution in [-0.4, -0.2) is 43.0 Å². The smallest absolute Gasteiger partial charge is 0.205 e. The van der Waals surface area contributed by atoms with Gasteiger partial charge in [-0.1, -0.05) is 36.4 Å². The van der Waals surface area contributed by atoms with Crippen molar-refractivity contribution < 1.29 is 14.3 Å². The first-order valence-corrected chi connectivity index (χ1v) is 10.9. The Labute approximate surface area is 182 Å². The summed E-state index contributed by atoms with van der Waals surface area (Å²) in [6.07, 6.45) is 5.13. The van der Waals surface area contributed by atoms with Crippen LogP contribution in [0.1, 0.15) is 34.5 Å². The van der Waals surface area contributed by atoms with Crippen molar-refractivity contribution in [3.05, 3.63) is 70.9 Å². The number of carbonyl (C=O) groups is 1. The second-order valence-electron chi connectivity index (χ2n) is 8.53. The van der Waals surface area contributed by atoms with Crippen LogP contribution in [0.25, 0.3) is 10.9 Å². The molecule has 1 N–H and O–H groups in total. The topological polar surface area (TPSA) is 54.6 Å². The van der Waals surface area contributed by atoms with Crippen molar-refractivity contribution in [3.8, 4) is 11.5 Å². The molecule has 1 aliphatic heterocycles. The second-order valence-corrected chi connectivity index (χ2v) is 8.53. The Kier molecular flexibility index (Phi) is 5.28. The van der Waals surface area contributed by atoms with Gasteiger partial charge in [0.05, 0.1) is 25.4 Å². The lowest BCUT2D eigenvalue weighted by Gasteiger charge is -2.30. The highest BCUT2D eigenvalue weighted by Crippen LogP contribution is 2.39. The van der Waals surface area contributed by atoms with Gasteiger partial charge < -0.3 is 14.5 Å². The number of aromatic amines is 1. The van der Waals surface area contributed by atoms with Crippen LogP contribution in [0.15, 0.2) is 54.1 Å². The zero-order valence-corrected chi connectivity index (χ0v) is 18.1. The van der Waals surface area contributed by atoms with Crippen molar-refractivity contribution in [2.45, 2.75) is 25.8 Å². The van der Waals surface area contributed by atoms with E-state index in [1.807, 2.05) is 12.1 Å². The molecule has 1 fully saturated rings.